The summed E-state index contributed by atoms with van der Waals surface area (Å²) in [5.41, 5.74) is 12.3. The van der Waals surface area contributed by atoms with Gasteiger partial charge in [-0.3, -0.25) is 0 Å². The lowest BCUT2D eigenvalue weighted by atomic mass is 9.88. The standard InChI is InChI=1S/C56H36N4O/c1-4-16-37(17-5-1)53-46-34-49-52(45-25-13-15-27-48(45)61-49)50(51(46)44-24-12-14-26-47(44)57-53)36-30-28-35(29-31-36)40-32-33-43(42-23-11-10-22-41(40)42)56-59-54(38-18-6-2-7-19-38)58-55(60-56)39-20-8-3-9-21-39/h1-34,56H,(H,58,59,60). The molecule has 9 aromatic carbocycles. The molecular formula is C56H36N4O. The number of hydrogen-bond acceptors (Lipinski definition) is 5. The summed E-state index contributed by atoms with van der Waals surface area (Å²) >= 11 is 0. The topological polar surface area (TPSA) is 62.8 Å². The third-order valence-corrected chi connectivity index (χ3v) is 11.9. The van der Waals surface area contributed by atoms with E-state index in [1.165, 1.54) is 5.39 Å². The molecular weight excluding hydrogens is 745 g/mol. The van der Waals surface area contributed by atoms with Crippen molar-refractivity contribution in [3.8, 4) is 33.5 Å². The van der Waals surface area contributed by atoms with Crippen LogP contribution in [0.25, 0.3) is 87.9 Å². The van der Waals surface area contributed by atoms with Gasteiger partial charge in [-0.2, -0.15) is 0 Å². The molecule has 0 radical (unpaired) electrons. The maximum atomic E-state index is 6.64. The highest BCUT2D eigenvalue weighted by molar-refractivity contribution is 6.28. The maximum Gasteiger partial charge on any atom is 0.159 e. The van der Waals surface area contributed by atoms with Crippen molar-refractivity contribution in [3.63, 3.8) is 0 Å². The molecule has 286 valence electrons. The molecule has 0 fully saturated rings. The highest BCUT2D eigenvalue weighted by Crippen LogP contribution is 2.47. The number of rotatable bonds is 6. The highest BCUT2D eigenvalue weighted by atomic mass is 16.3. The highest BCUT2D eigenvalue weighted by Gasteiger charge is 2.25. The average molecular weight is 781 g/mol. The Kier molecular flexibility index (Phi) is 8.17. The van der Waals surface area contributed by atoms with Gasteiger partial charge in [0.25, 0.3) is 0 Å². The van der Waals surface area contributed by atoms with E-state index in [0.29, 0.717) is 5.84 Å². The van der Waals surface area contributed by atoms with Crippen LogP contribution < -0.4 is 5.32 Å². The fourth-order valence-electron chi connectivity index (χ4n) is 9.12. The third-order valence-electron chi connectivity index (χ3n) is 11.9. The predicted molar refractivity (Wildman–Crippen MR) is 252 cm³/mol. The summed E-state index contributed by atoms with van der Waals surface area (Å²) in [5, 5.41) is 11.5. The number of furan rings is 1. The number of fused-ring (bicyclic) bond motifs is 7. The quantitative estimate of drug-likeness (QED) is 0.171. The molecule has 1 aliphatic rings. The van der Waals surface area contributed by atoms with Gasteiger partial charge in [0.1, 0.15) is 23.2 Å². The number of aromatic nitrogens is 1. The molecule has 0 amide bonds. The van der Waals surface area contributed by atoms with Crippen LogP contribution in [0.1, 0.15) is 22.9 Å². The fourth-order valence-corrected chi connectivity index (χ4v) is 9.12. The molecule has 5 heteroatoms. The van der Waals surface area contributed by atoms with Crippen LogP contribution >= 0.6 is 0 Å². The van der Waals surface area contributed by atoms with Gasteiger partial charge in [0.05, 0.1) is 11.2 Å². The van der Waals surface area contributed by atoms with Crippen molar-refractivity contribution in [2.75, 3.05) is 0 Å². The van der Waals surface area contributed by atoms with E-state index >= 15 is 0 Å². The van der Waals surface area contributed by atoms with Crippen LogP contribution in [0.5, 0.6) is 0 Å². The third kappa shape index (κ3) is 5.89. The van der Waals surface area contributed by atoms with Crippen molar-refractivity contribution in [1.82, 2.24) is 10.3 Å². The summed E-state index contributed by atoms with van der Waals surface area (Å²) in [4.78, 5) is 15.5. The van der Waals surface area contributed by atoms with Crippen molar-refractivity contribution >= 4 is 66.1 Å². The van der Waals surface area contributed by atoms with Gasteiger partial charge < -0.3 is 9.73 Å². The minimum atomic E-state index is -0.340. The number of nitrogens with one attached hydrogen (secondary N) is 1. The summed E-state index contributed by atoms with van der Waals surface area (Å²) in [6, 6.07) is 72.2. The number of aliphatic imine (C=N–C) groups is 2. The second-order valence-electron chi connectivity index (χ2n) is 15.5. The predicted octanol–water partition coefficient (Wildman–Crippen LogP) is 13.9. The van der Waals surface area contributed by atoms with E-state index in [1.807, 2.05) is 48.5 Å². The number of para-hydroxylation sites is 2. The van der Waals surface area contributed by atoms with Crippen molar-refractivity contribution in [3.05, 3.63) is 223 Å². The van der Waals surface area contributed by atoms with E-state index in [-0.39, 0.29) is 6.17 Å². The van der Waals surface area contributed by atoms with Gasteiger partial charge in [-0.05, 0) is 45.7 Å². The Morgan fingerprint density at radius 2 is 1.03 bits per heavy atom. The Morgan fingerprint density at radius 1 is 0.426 bits per heavy atom. The number of amidine groups is 2. The van der Waals surface area contributed by atoms with Crippen molar-refractivity contribution < 1.29 is 4.42 Å². The van der Waals surface area contributed by atoms with E-state index < -0.39 is 0 Å². The van der Waals surface area contributed by atoms with Crippen molar-refractivity contribution in [1.29, 1.82) is 0 Å². The van der Waals surface area contributed by atoms with Gasteiger partial charge in [0.2, 0.25) is 0 Å². The molecule has 12 rings (SSSR count). The Bertz CT molecular complexity index is 3540. The van der Waals surface area contributed by atoms with Crippen LogP contribution in [0.2, 0.25) is 0 Å². The maximum absolute atomic E-state index is 6.64. The van der Waals surface area contributed by atoms with E-state index in [9.17, 15) is 0 Å². The normalized spacial score (nSPS) is 14.1. The summed E-state index contributed by atoms with van der Waals surface area (Å²) in [6.45, 7) is 0. The van der Waals surface area contributed by atoms with Gasteiger partial charge in [0, 0.05) is 54.7 Å². The lowest BCUT2D eigenvalue weighted by Crippen LogP contribution is -2.33. The average Bonchev–Trinajstić information content (AvgIpc) is 3.72. The monoisotopic (exact) mass is 780 g/mol. The minimum Gasteiger partial charge on any atom is -0.456 e. The Morgan fingerprint density at radius 3 is 1.79 bits per heavy atom. The fraction of sp³-hybridized carbons (Fsp3) is 0.0179. The molecule has 5 nitrogen and oxygen atoms in total. The van der Waals surface area contributed by atoms with Gasteiger partial charge in [-0.1, -0.05) is 188 Å². The second-order valence-corrected chi connectivity index (χ2v) is 15.5. The van der Waals surface area contributed by atoms with E-state index in [2.05, 4.69) is 163 Å². The summed E-state index contributed by atoms with van der Waals surface area (Å²) in [5.74, 6) is 1.51. The molecule has 0 saturated carbocycles. The number of benzene rings is 9. The smallest absolute Gasteiger partial charge is 0.159 e. The Hall–Kier alpha value is -8.15. The van der Waals surface area contributed by atoms with Gasteiger partial charge in [-0.15, -0.1) is 0 Å². The van der Waals surface area contributed by atoms with Gasteiger partial charge in [-0.25, -0.2) is 15.0 Å². The first-order valence-corrected chi connectivity index (χ1v) is 20.6. The molecule has 3 heterocycles. The van der Waals surface area contributed by atoms with E-state index in [1.54, 1.807) is 0 Å². The van der Waals surface area contributed by atoms with Crippen LogP contribution in [-0.2, 0) is 0 Å². The van der Waals surface area contributed by atoms with Crippen LogP contribution in [0.3, 0.4) is 0 Å². The number of hydrogen-bond donors (Lipinski definition) is 1. The zero-order chi connectivity index (χ0) is 40.3. The molecule has 1 atom stereocenters. The molecule has 1 aliphatic heterocycles. The van der Waals surface area contributed by atoms with Crippen LogP contribution in [-0.4, -0.2) is 16.7 Å². The van der Waals surface area contributed by atoms with Crippen LogP contribution in [0.15, 0.2) is 221 Å². The first kappa shape index (κ1) is 34.9. The molecule has 61 heavy (non-hydrogen) atoms. The Balaban J connectivity index is 1.02. The summed E-state index contributed by atoms with van der Waals surface area (Å²) in [6.07, 6.45) is -0.340. The Labute approximate surface area is 352 Å². The molecule has 0 bridgehead atoms. The molecule has 0 spiro atoms. The largest absolute Gasteiger partial charge is 0.456 e. The molecule has 2 aromatic heterocycles. The molecule has 11 aromatic rings. The lowest BCUT2D eigenvalue weighted by molar-refractivity contribution is 0.669. The SMILES string of the molecule is c1ccc(C2=NC(c3ccc(-c4ccc(-c5c6c(cc7c(-c8ccccc8)nc8ccccc8c57)oc5ccccc56)cc4)c4ccccc34)NC(c3ccccc3)=N2)cc1. The van der Waals surface area contributed by atoms with Crippen LogP contribution in [0, 0.1) is 0 Å². The molecule has 1 unspecified atom stereocenters. The minimum absolute atomic E-state index is 0.340. The van der Waals surface area contributed by atoms with E-state index in [0.717, 1.165) is 105 Å². The zero-order valence-electron chi connectivity index (χ0n) is 33.0. The number of pyridine rings is 1. The second kappa shape index (κ2) is 14.3. The summed E-state index contributed by atoms with van der Waals surface area (Å²) < 4.78 is 6.64. The zero-order valence-corrected chi connectivity index (χ0v) is 33.0. The van der Waals surface area contributed by atoms with Gasteiger partial charge >= 0.3 is 0 Å². The molecule has 0 saturated heterocycles. The molecule has 1 N–H and O–H groups in total. The lowest BCUT2D eigenvalue weighted by Gasteiger charge is -2.25. The first-order chi connectivity index (χ1) is 30.2. The van der Waals surface area contributed by atoms with E-state index in [4.69, 9.17) is 19.4 Å². The molecule has 0 aliphatic carbocycles. The van der Waals surface area contributed by atoms with Crippen molar-refractivity contribution in [2.24, 2.45) is 9.98 Å². The van der Waals surface area contributed by atoms with Gasteiger partial charge in [0.15, 0.2) is 5.84 Å². The number of nitrogens with zero attached hydrogens (tertiary/aromatic N) is 3. The van der Waals surface area contributed by atoms with Crippen molar-refractivity contribution in [2.45, 2.75) is 6.17 Å². The summed E-state index contributed by atoms with van der Waals surface area (Å²) in [7, 11) is 0. The first-order valence-electron chi connectivity index (χ1n) is 20.6. The van der Waals surface area contributed by atoms with Crippen LogP contribution in [0.4, 0.5) is 0 Å².